The van der Waals surface area contributed by atoms with Gasteiger partial charge in [-0.25, -0.2) is 0 Å². The van der Waals surface area contributed by atoms with Crippen molar-refractivity contribution in [2.75, 3.05) is 0 Å². The van der Waals surface area contributed by atoms with Gasteiger partial charge in [0.1, 0.15) is 0 Å². The second-order valence-corrected chi connectivity index (χ2v) is 0. The number of rotatable bonds is 0. The maximum absolute atomic E-state index is 0. The molecule has 0 saturated carbocycles. The average molecular weight is 772 g/mol. The van der Waals surface area contributed by atoms with Gasteiger partial charge in [0.15, 0.2) is 0 Å². The molecule has 25 heavy (non-hydrogen) atoms. The van der Waals surface area contributed by atoms with Crippen LogP contribution < -0.4 is 74.4 Å². The summed E-state index contributed by atoms with van der Waals surface area (Å²) in [5, 5.41) is 0. The number of halogens is 6. The number of hydrogen-bond donors (Lipinski definition) is 0. The standard InChI is InChI=1S/6ClH.14H2N.2O.3Ru/h6*1H;14*1H2;;;;;/q;;;;;;14*-1;2*-2;;2*+5/p-6. The van der Waals surface area contributed by atoms with E-state index < -0.39 is 0 Å². The second-order valence-electron chi connectivity index (χ2n) is 0. The Balaban J connectivity index is 0. The predicted molar refractivity (Wildman–Crippen MR) is 75.4 cm³/mol. The first kappa shape index (κ1) is 2310. The largest absolute Gasteiger partial charge is 5.00 e. The zero-order valence-corrected chi connectivity index (χ0v) is 22.0. The summed E-state index contributed by atoms with van der Waals surface area (Å²) in [6.45, 7) is 0. The summed E-state index contributed by atoms with van der Waals surface area (Å²) in [6, 6.07) is 0. The molecule has 0 unspecified atom stereocenters. The number of hydrogen-bond acceptors (Lipinski definition) is 0. The van der Waals surface area contributed by atoms with Crippen LogP contribution in [-0.4, -0.2) is 0 Å². The molecule has 0 rings (SSSR count). The van der Waals surface area contributed by atoms with Crippen molar-refractivity contribution in [1.82, 2.24) is 0 Å². The van der Waals surface area contributed by atoms with Crippen LogP contribution in [0.1, 0.15) is 0 Å². The Hall–Kier alpha value is 2.97. The molecule has 25 heteroatoms. The van der Waals surface area contributed by atoms with Crippen LogP contribution in [0.15, 0.2) is 0 Å². The maximum Gasteiger partial charge on any atom is 5.00 e. The van der Waals surface area contributed by atoms with Crippen LogP contribution in [0, 0.1) is 0 Å². The van der Waals surface area contributed by atoms with Crippen molar-refractivity contribution < 1.29 is 144 Å². The van der Waals surface area contributed by atoms with E-state index in [-0.39, 0.29) is 230 Å². The van der Waals surface area contributed by atoms with E-state index in [4.69, 9.17) is 0 Å². The first-order chi connectivity index (χ1) is 0. The van der Waals surface area contributed by atoms with E-state index in [1.54, 1.807) is 0 Å². The van der Waals surface area contributed by atoms with Gasteiger partial charge in [-0.3, -0.25) is 0 Å². The maximum atomic E-state index is 0. The molecule has 0 heterocycles. The monoisotopic (exact) mass is 772 g/mol. The molecule has 0 atom stereocenters. The molecule has 0 aromatic carbocycles. The van der Waals surface area contributed by atoms with E-state index in [0.29, 0.717) is 0 Å². The summed E-state index contributed by atoms with van der Waals surface area (Å²) >= 11 is 0. The minimum atomic E-state index is 0. The number of nitrogens with two attached hydrogens (primary N) is 14. The fraction of sp³-hybridized carbons (Fsp3) is 0. The van der Waals surface area contributed by atoms with Crippen molar-refractivity contribution in [3.05, 3.63) is 86.1 Å². The van der Waals surface area contributed by atoms with Gasteiger partial charge in [0.2, 0.25) is 0 Å². The van der Waals surface area contributed by atoms with Gasteiger partial charge in [-0.1, -0.05) is 0 Å². The zero-order chi connectivity index (χ0) is 0. The molecule has 0 aromatic heterocycles. The van der Waals surface area contributed by atoms with E-state index >= 15 is 0 Å². The smallest absolute Gasteiger partial charge is 2.00 e. The van der Waals surface area contributed by atoms with Crippen LogP contribution in [0.4, 0.5) is 0 Å². The van der Waals surface area contributed by atoms with Crippen LogP contribution in [0.25, 0.3) is 86.1 Å². The van der Waals surface area contributed by atoms with Crippen LogP contribution in [0.5, 0.6) is 0 Å². The quantitative estimate of drug-likeness (QED) is 0.207. The summed E-state index contributed by atoms with van der Waals surface area (Å²) in [4.78, 5) is 0. The van der Waals surface area contributed by atoms with Gasteiger partial charge < -0.3 is 172 Å². The second kappa shape index (κ2) is 2060. The zero-order valence-electron chi connectivity index (χ0n) is 12.2. The molecule has 0 bridgehead atoms. The van der Waals surface area contributed by atoms with E-state index in [1.165, 1.54) is 0 Å². The third kappa shape index (κ3) is 1910. The normalized spacial score (nSPS) is 0. The molecule has 28 N–H and O–H groups in total. The summed E-state index contributed by atoms with van der Waals surface area (Å²) in [5.41, 5.74) is 0. The third-order valence-corrected chi connectivity index (χ3v) is 0. The predicted octanol–water partition coefficient (Wildman–Crippen LogP) is -8.18. The molecule has 16 nitrogen and oxygen atoms in total. The molecule has 0 saturated heterocycles. The molecule has 2 radical (unpaired) electrons. The third-order valence-electron chi connectivity index (χ3n) is 0. The molecule has 0 aliphatic heterocycles. The van der Waals surface area contributed by atoms with Crippen molar-refractivity contribution in [3.8, 4) is 0 Å². The van der Waals surface area contributed by atoms with Crippen molar-refractivity contribution in [1.29, 1.82) is 0 Å². The van der Waals surface area contributed by atoms with Crippen LogP contribution in [-0.2, 0) is 69.4 Å². The molecule has 0 spiro atoms. The van der Waals surface area contributed by atoms with Gasteiger partial charge in [-0.05, 0) is 0 Å². The summed E-state index contributed by atoms with van der Waals surface area (Å²) in [5.74, 6) is 0. The van der Waals surface area contributed by atoms with Crippen molar-refractivity contribution in [2.24, 2.45) is 0 Å². The summed E-state index contributed by atoms with van der Waals surface area (Å²) in [6.07, 6.45) is 0. The van der Waals surface area contributed by atoms with E-state index in [0.717, 1.165) is 0 Å². The summed E-state index contributed by atoms with van der Waals surface area (Å²) < 4.78 is 0. The molecule has 0 aliphatic rings. The van der Waals surface area contributed by atoms with Gasteiger partial charge in [0, 0.05) is 19.5 Å². The van der Waals surface area contributed by atoms with Gasteiger partial charge in [0.05, 0.1) is 0 Å². The van der Waals surface area contributed by atoms with Crippen LogP contribution in [0.2, 0.25) is 0 Å². The topological polar surface area (TPSA) is 526 Å². The molecule has 0 amide bonds. The first-order valence-corrected chi connectivity index (χ1v) is 0. The molecule has 190 valence electrons. The fourth-order valence-electron chi connectivity index (χ4n) is 0. The van der Waals surface area contributed by atoms with Crippen molar-refractivity contribution in [3.63, 3.8) is 0 Å². The van der Waals surface area contributed by atoms with Crippen LogP contribution in [0.3, 0.4) is 0 Å². The Bertz CT molecular complexity index is 40.5. The molecular formula is H28Cl6N14O2Ru3-14. The Morgan fingerprint density at radius 1 is 0.200 bits per heavy atom. The molecule has 0 aromatic rings. The van der Waals surface area contributed by atoms with E-state index in [1.807, 2.05) is 0 Å². The summed E-state index contributed by atoms with van der Waals surface area (Å²) in [7, 11) is 0. The average Bonchev–Trinajstić information content (AvgIpc) is 0. The van der Waals surface area contributed by atoms with E-state index in [9.17, 15) is 0 Å². The minimum absolute atomic E-state index is 0. The van der Waals surface area contributed by atoms with Gasteiger partial charge in [-0.2, -0.15) is 0 Å². The van der Waals surface area contributed by atoms with Crippen molar-refractivity contribution >= 4 is 0 Å². The van der Waals surface area contributed by atoms with Gasteiger partial charge in [0.25, 0.3) is 0 Å². The Morgan fingerprint density at radius 2 is 0.200 bits per heavy atom. The van der Waals surface area contributed by atoms with Crippen LogP contribution >= 0.6 is 0 Å². The Kier molecular flexibility index (Phi) is 190000. The Morgan fingerprint density at radius 3 is 0.200 bits per heavy atom. The first-order valence-electron chi connectivity index (χ1n) is 0. The Labute approximate surface area is 228 Å². The SMILES string of the molecule is [Cl-].[Cl-].[Cl-].[Cl-].[Cl-].[Cl-].[NH2-].[NH2-].[NH2-].[NH2-].[NH2-].[NH2-].[NH2-].[NH2-].[NH2-].[NH2-].[NH2-].[NH2-].[NH2-].[NH2-].[O-2].[O-2].[Ru+5].[Ru+5].[Ru]. The minimum Gasteiger partial charge on any atom is -2.00 e. The van der Waals surface area contributed by atoms with Crippen molar-refractivity contribution in [2.45, 2.75) is 0 Å². The fourth-order valence-corrected chi connectivity index (χ4v) is 0. The molecule has 0 fully saturated rings. The van der Waals surface area contributed by atoms with Gasteiger partial charge in [-0.15, -0.1) is 0 Å². The van der Waals surface area contributed by atoms with Gasteiger partial charge >= 0.3 is 39.0 Å². The molecular weight excluding hydrogens is 744 g/mol. The van der Waals surface area contributed by atoms with E-state index in [2.05, 4.69) is 0 Å². The molecule has 0 aliphatic carbocycles.